The Labute approximate surface area is 120 Å². The third-order valence-corrected chi connectivity index (χ3v) is 4.09. The van der Waals surface area contributed by atoms with Gasteiger partial charge in [-0.2, -0.15) is 0 Å². The molecule has 2 rings (SSSR count). The van der Waals surface area contributed by atoms with Gasteiger partial charge in [0.15, 0.2) is 0 Å². The first-order valence-corrected chi connectivity index (χ1v) is 7.09. The van der Waals surface area contributed by atoms with Gasteiger partial charge >= 0.3 is 0 Å². The highest BCUT2D eigenvalue weighted by Crippen LogP contribution is 2.20. The number of benzene rings is 1. The zero-order valence-electron chi connectivity index (χ0n) is 12.3. The molecule has 2 N–H and O–H groups in total. The van der Waals surface area contributed by atoms with E-state index < -0.39 is 0 Å². The number of hydrogen-bond acceptors (Lipinski definition) is 4. The van der Waals surface area contributed by atoms with E-state index in [1.807, 2.05) is 26.1 Å². The van der Waals surface area contributed by atoms with Crippen LogP contribution in [0.4, 0.5) is 10.1 Å². The molecule has 1 unspecified atom stereocenters. The minimum atomic E-state index is -0.278. The molecule has 1 aromatic carbocycles. The molecule has 1 fully saturated rings. The summed E-state index contributed by atoms with van der Waals surface area (Å²) in [4.78, 5) is 4.39. The van der Waals surface area contributed by atoms with Crippen LogP contribution in [0.1, 0.15) is 6.92 Å². The maximum Gasteiger partial charge on any atom is 0.146 e. The van der Waals surface area contributed by atoms with Crippen LogP contribution in [0.3, 0.4) is 0 Å². The second-order valence-corrected chi connectivity index (χ2v) is 5.68. The van der Waals surface area contributed by atoms with Crippen molar-refractivity contribution in [2.75, 3.05) is 51.3 Å². The van der Waals surface area contributed by atoms with Crippen LogP contribution in [0.15, 0.2) is 24.3 Å². The van der Waals surface area contributed by atoms with Crippen molar-refractivity contribution in [1.29, 1.82) is 0 Å². The monoisotopic (exact) mass is 281 g/mol. The van der Waals surface area contributed by atoms with Gasteiger partial charge in [0.1, 0.15) is 5.82 Å². The van der Waals surface area contributed by atoms with Crippen LogP contribution in [0.5, 0.6) is 0 Å². The van der Waals surface area contributed by atoms with E-state index >= 15 is 0 Å². The van der Waals surface area contributed by atoms with Crippen molar-refractivity contribution in [3.05, 3.63) is 30.1 Å². The lowest BCUT2D eigenvalue weighted by molar-refractivity contribution is 0.122. The maximum atomic E-state index is 13.8. The van der Waals surface area contributed by atoms with Gasteiger partial charge in [0.2, 0.25) is 0 Å². The molecule has 0 radical (unpaired) electrons. The van der Waals surface area contributed by atoms with Gasteiger partial charge in [0.05, 0.1) is 17.8 Å². The van der Waals surface area contributed by atoms with Crippen LogP contribution in [-0.4, -0.2) is 61.9 Å². The lowest BCUT2D eigenvalue weighted by Gasteiger charge is -2.40. The number of para-hydroxylation sites is 1. The van der Waals surface area contributed by atoms with Crippen LogP contribution in [0, 0.1) is 5.82 Å². The largest absolute Gasteiger partial charge is 0.394 e. The zero-order chi connectivity index (χ0) is 14.6. The van der Waals surface area contributed by atoms with Crippen LogP contribution >= 0.6 is 0 Å². The van der Waals surface area contributed by atoms with E-state index in [1.165, 1.54) is 6.07 Å². The topological polar surface area (TPSA) is 38.7 Å². The van der Waals surface area contributed by atoms with Gasteiger partial charge in [-0.15, -0.1) is 0 Å². The molecule has 5 heteroatoms. The summed E-state index contributed by atoms with van der Waals surface area (Å²) in [6.45, 7) is 6.30. The first-order valence-electron chi connectivity index (χ1n) is 7.09. The van der Waals surface area contributed by atoms with Gasteiger partial charge < -0.3 is 15.3 Å². The number of nitrogens with one attached hydrogen (secondary N) is 1. The molecule has 0 aliphatic carbocycles. The number of nitrogens with zero attached hydrogens (tertiary/aromatic N) is 2. The molecule has 1 atom stereocenters. The quantitative estimate of drug-likeness (QED) is 0.842. The molecule has 1 aliphatic rings. The highest BCUT2D eigenvalue weighted by Gasteiger charge is 2.27. The van der Waals surface area contributed by atoms with Crippen molar-refractivity contribution in [2.24, 2.45) is 0 Å². The van der Waals surface area contributed by atoms with Gasteiger partial charge in [0.25, 0.3) is 0 Å². The number of aliphatic hydroxyl groups is 1. The van der Waals surface area contributed by atoms with Crippen LogP contribution < -0.4 is 10.2 Å². The van der Waals surface area contributed by atoms with Gasteiger partial charge in [0, 0.05) is 32.7 Å². The second kappa shape index (κ2) is 6.52. The molecule has 1 saturated heterocycles. The van der Waals surface area contributed by atoms with Gasteiger partial charge in [-0.3, -0.25) is 4.90 Å². The molecule has 20 heavy (non-hydrogen) atoms. The summed E-state index contributed by atoms with van der Waals surface area (Å²) < 4.78 is 13.8. The minimum absolute atomic E-state index is 0.108. The number of aliphatic hydroxyl groups excluding tert-OH is 1. The Morgan fingerprint density at radius 3 is 2.45 bits per heavy atom. The van der Waals surface area contributed by atoms with Crippen LogP contribution in [0.25, 0.3) is 0 Å². The summed E-state index contributed by atoms with van der Waals surface area (Å²) in [5.74, 6) is -0.156. The summed E-state index contributed by atoms with van der Waals surface area (Å²) in [5.41, 5.74) is 0.408. The van der Waals surface area contributed by atoms with E-state index in [4.69, 9.17) is 0 Å². The third kappa shape index (κ3) is 3.48. The number of rotatable bonds is 5. The number of halogens is 1. The smallest absolute Gasteiger partial charge is 0.146 e. The van der Waals surface area contributed by atoms with Crippen molar-refractivity contribution in [1.82, 2.24) is 10.2 Å². The van der Waals surface area contributed by atoms with E-state index in [1.54, 1.807) is 6.07 Å². The summed E-state index contributed by atoms with van der Waals surface area (Å²) in [6, 6.07) is 6.92. The SMILES string of the molecule is CNC(C)(CO)CN1CCN(c2ccccc2F)CC1. The van der Waals surface area contributed by atoms with Crippen molar-refractivity contribution >= 4 is 5.69 Å². The fourth-order valence-electron chi connectivity index (χ4n) is 2.56. The van der Waals surface area contributed by atoms with Crippen molar-refractivity contribution in [3.63, 3.8) is 0 Å². The van der Waals surface area contributed by atoms with Gasteiger partial charge in [-0.05, 0) is 26.1 Å². The fourth-order valence-corrected chi connectivity index (χ4v) is 2.56. The van der Waals surface area contributed by atoms with Crippen molar-refractivity contribution in [3.8, 4) is 0 Å². The third-order valence-electron chi connectivity index (χ3n) is 4.09. The maximum absolute atomic E-state index is 13.8. The molecule has 0 bridgehead atoms. The molecule has 0 spiro atoms. The van der Waals surface area contributed by atoms with E-state index in [9.17, 15) is 9.50 Å². The number of anilines is 1. The van der Waals surface area contributed by atoms with E-state index in [-0.39, 0.29) is 18.0 Å². The molecular weight excluding hydrogens is 257 g/mol. The summed E-state index contributed by atoms with van der Waals surface area (Å²) >= 11 is 0. The van der Waals surface area contributed by atoms with E-state index in [0.29, 0.717) is 5.69 Å². The lowest BCUT2D eigenvalue weighted by atomic mass is 10.0. The zero-order valence-corrected chi connectivity index (χ0v) is 12.3. The summed E-state index contributed by atoms with van der Waals surface area (Å²) in [7, 11) is 1.87. The average molecular weight is 281 g/mol. The van der Waals surface area contributed by atoms with Crippen LogP contribution in [-0.2, 0) is 0 Å². The first kappa shape index (κ1) is 15.2. The minimum Gasteiger partial charge on any atom is -0.394 e. The second-order valence-electron chi connectivity index (χ2n) is 5.68. The molecule has 1 aromatic rings. The standard InChI is InChI=1S/C15H24FN3O/c1-15(12-20,17-2)11-18-7-9-19(10-8-18)14-6-4-3-5-13(14)16/h3-6,17,20H,7-12H2,1-2H3. The van der Waals surface area contributed by atoms with Gasteiger partial charge in [-0.1, -0.05) is 12.1 Å². The number of piperazine rings is 1. The molecule has 0 saturated carbocycles. The molecule has 1 heterocycles. The molecule has 0 amide bonds. The molecule has 0 aromatic heterocycles. The van der Waals surface area contributed by atoms with Crippen molar-refractivity contribution < 1.29 is 9.50 Å². The Bertz CT molecular complexity index is 429. The van der Waals surface area contributed by atoms with E-state index in [0.717, 1.165) is 32.7 Å². The summed E-state index contributed by atoms with van der Waals surface area (Å²) in [5, 5.41) is 12.6. The van der Waals surface area contributed by atoms with Crippen LogP contribution in [0.2, 0.25) is 0 Å². The number of hydrogen-bond donors (Lipinski definition) is 2. The van der Waals surface area contributed by atoms with E-state index in [2.05, 4.69) is 15.1 Å². The lowest BCUT2D eigenvalue weighted by Crippen LogP contribution is -2.56. The highest BCUT2D eigenvalue weighted by molar-refractivity contribution is 5.47. The fraction of sp³-hybridized carbons (Fsp3) is 0.600. The predicted molar refractivity (Wildman–Crippen MR) is 79.6 cm³/mol. The molecular formula is C15H24FN3O. The molecule has 112 valence electrons. The Kier molecular flexibility index (Phi) is 4.96. The van der Waals surface area contributed by atoms with Crippen molar-refractivity contribution in [2.45, 2.75) is 12.5 Å². The Hall–Kier alpha value is -1.17. The first-order chi connectivity index (χ1) is 9.58. The molecule has 4 nitrogen and oxygen atoms in total. The highest BCUT2D eigenvalue weighted by atomic mass is 19.1. The Morgan fingerprint density at radius 2 is 1.90 bits per heavy atom. The Morgan fingerprint density at radius 1 is 1.25 bits per heavy atom. The van der Waals surface area contributed by atoms with Gasteiger partial charge in [-0.25, -0.2) is 4.39 Å². The Balaban J connectivity index is 1.91. The molecule has 1 aliphatic heterocycles. The summed E-state index contributed by atoms with van der Waals surface area (Å²) in [6.07, 6.45) is 0. The predicted octanol–water partition coefficient (Wildman–Crippen LogP) is 0.918. The normalized spacial score (nSPS) is 19.9. The number of likely N-dealkylation sites (N-methyl/N-ethyl adjacent to an activating group) is 1. The average Bonchev–Trinajstić information content (AvgIpc) is 2.49.